The third kappa shape index (κ3) is 2.52. The normalized spacial score (nSPS) is 37.3. The quantitative estimate of drug-likeness (QED) is 0.571. The Morgan fingerprint density at radius 1 is 0.857 bits per heavy atom. The number of rotatable bonds is 1. The van der Waals surface area contributed by atoms with Gasteiger partial charge in [0.2, 0.25) is 0 Å². The topological polar surface area (TPSA) is 0 Å². The van der Waals surface area contributed by atoms with E-state index in [2.05, 4.69) is 13.8 Å². The summed E-state index contributed by atoms with van der Waals surface area (Å²) < 4.78 is 0. The van der Waals surface area contributed by atoms with Crippen molar-refractivity contribution in [3.63, 3.8) is 0 Å². The smallest absolute Gasteiger partial charge is 0.0210 e. The average molecular weight is 193 g/mol. The highest BCUT2D eigenvalue weighted by Crippen LogP contribution is 2.42. The van der Waals surface area contributed by atoms with E-state index < -0.39 is 0 Å². The van der Waals surface area contributed by atoms with Crippen LogP contribution in [0.3, 0.4) is 0 Å². The molecule has 0 spiro atoms. The molecule has 2 rings (SSSR count). The summed E-state index contributed by atoms with van der Waals surface area (Å²) in [6, 6.07) is 0. The van der Waals surface area contributed by atoms with E-state index in [1.165, 1.54) is 51.4 Å². The minimum atomic E-state index is 1.000. The first kappa shape index (κ1) is 10.5. The van der Waals surface area contributed by atoms with Gasteiger partial charge < -0.3 is 0 Å². The van der Waals surface area contributed by atoms with E-state index in [9.17, 15) is 0 Å². The highest BCUT2D eigenvalue weighted by molar-refractivity contribution is 5.00. The van der Waals surface area contributed by atoms with Crippen LogP contribution in [0.25, 0.3) is 0 Å². The molecule has 1 radical (unpaired) electrons. The van der Waals surface area contributed by atoms with Crippen LogP contribution in [-0.2, 0) is 0 Å². The van der Waals surface area contributed by atoms with Gasteiger partial charge >= 0.3 is 0 Å². The summed E-state index contributed by atoms with van der Waals surface area (Å²) in [5.41, 5.74) is 0. The van der Waals surface area contributed by atoms with Crippen LogP contribution in [0.15, 0.2) is 0 Å². The van der Waals surface area contributed by atoms with Crippen molar-refractivity contribution < 1.29 is 0 Å². The molecule has 2 atom stereocenters. The lowest BCUT2D eigenvalue weighted by Crippen LogP contribution is -2.23. The molecule has 0 nitrogen and oxygen atoms in total. The van der Waals surface area contributed by atoms with Crippen molar-refractivity contribution in [2.45, 2.75) is 65.2 Å². The van der Waals surface area contributed by atoms with Gasteiger partial charge in [0.1, 0.15) is 0 Å². The van der Waals surface area contributed by atoms with Gasteiger partial charge in [-0.05, 0) is 49.4 Å². The molecule has 2 fully saturated rings. The van der Waals surface area contributed by atoms with Crippen molar-refractivity contribution in [2.75, 3.05) is 0 Å². The van der Waals surface area contributed by atoms with Gasteiger partial charge in [0.05, 0.1) is 0 Å². The molecule has 0 bridgehead atoms. The summed E-state index contributed by atoms with van der Waals surface area (Å²) in [4.78, 5) is 0. The minimum Gasteiger partial charge on any atom is -0.0625 e. The maximum atomic E-state index is 2.44. The summed E-state index contributed by atoms with van der Waals surface area (Å²) in [6.07, 6.45) is 11.8. The zero-order chi connectivity index (χ0) is 9.97. The Morgan fingerprint density at radius 3 is 2.21 bits per heavy atom. The zero-order valence-corrected chi connectivity index (χ0v) is 9.89. The molecule has 0 aromatic rings. The largest absolute Gasteiger partial charge is 0.0625 e. The molecule has 0 N–H and O–H groups in total. The first-order valence-corrected chi connectivity index (χ1v) is 6.60. The summed E-state index contributed by atoms with van der Waals surface area (Å²) in [6.45, 7) is 4.86. The fourth-order valence-electron chi connectivity index (χ4n) is 3.35. The van der Waals surface area contributed by atoms with Gasteiger partial charge in [-0.3, -0.25) is 0 Å². The van der Waals surface area contributed by atoms with Crippen LogP contribution < -0.4 is 0 Å². The Bertz CT molecular complexity index is 165. The standard InChI is InChI=1S/C14H25/c1-11-6-8-13(9-7-11)14-5-3-4-12(2)10-14/h11-12,14H,3-10H2,1-2H3. The van der Waals surface area contributed by atoms with E-state index >= 15 is 0 Å². The number of hydrogen-bond acceptors (Lipinski definition) is 0. The molecule has 0 aliphatic heterocycles. The van der Waals surface area contributed by atoms with E-state index in [4.69, 9.17) is 0 Å². The first-order chi connectivity index (χ1) is 6.75. The van der Waals surface area contributed by atoms with Crippen LogP contribution in [-0.4, -0.2) is 0 Å². The van der Waals surface area contributed by atoms with Gasteiger partial charge in [0, 0.05) is 0 Å². The Labute approximate surface area is 89.5 Å². The maximum absolute atomic E-state index is 2.44. The predicted molar refractivity (Wildman–Crippen MR) is 62.0 cm³/mol. The first-order valence-electron chi connectivity index (χ1n) is 6.60. The molecule has 2 aliphatic rings. The molecular weight excluding hydrogens is 168 g/mol. The second-order valence-corrected chi connectivity index (χ2v) is 5.81. The van der Waals surface area contributed by atoms with Crippen molar-refractivity contribution in [2.24, 2.45) is 17.8 Å². The summed E-state index contributed by atoms with van der Waals surface area (Å²) in [5, 5.41) is 0. The Morgan fingerprint density at radius 2 is 1.57 bits per heavy atom. The van der Waals surface area contributed by atoms with Gasteiger partial charge in [0.15, 0.2) is 0 Å². The molecule has 0 heteroatoms. The fraction of sp³-hybridized carbons (Fsp3) is 0.929. The zero-order valence-electron chi connectivity index (χ0n) is 9.89. The van der Waals surface area contributed by atoms with Crippen LogP contribution >= 0.6 is 0 Å². The molecule has 0 heterocycles. The van der Waals surface area contributed by atoms with E-state index in [0.29, 0.717) is 0 Å². The van der Waals surface area contributed by atoms with E-state index in [1.807, 2.05) is 5.92 Å². The van der Waals surface area contributed by atoms with Gasteiger partial charge in [0.25, 0.3) is 0 Å². The second kappa shape index (κ2) is 4.68. The molecule has 0 aromatic heterocycles. The fourth-order valence-corrected chi connectivity index (χ4v) is 3.35. The van der Waals surface area contributed by atoms with Gasteiger partial charge in [-0.15, -0.1) is 0 Å². The van der Waals surface area contributed by atoms with Crippen molar-refractivity contribution in [1.82, 2.24) is 0 Å². The lowest BCUT2D eigenvalue weighted by atomic mass is 9.69. The van der Waals surface area contributed by atoms with E-state index in [-0.39, 0.29) is 0 Å². The molecule has 81 valence electrons. The van der Waals surface area contributed by atoms with Crippen LogP contribution in [0, 0.1) is 23.7 Å². The minimum absolute atomic E-state index is 1.000. The SMILES string of the molecule is CC1CC[C](C2CCCC(C)C2)CC1. The number of hydrogen-bond donors (Lipinski definition) is 0. The highest BCUT2D eigenvalue weighted by Gasteiger charge is 2.29. The summed E-state index contributed by atoms with van der Waals surface area (Å²) >= 11 is 0. The van der Waals surface area contributed by atoms with E-state index in [1.54, 1.807) is 0 Å². The molecule has 0 saturated heterocycles. The average Bonchev–Trinajstić information content (AvgIpc) is 2.19. The molecular formula is C14H25. The van der Waals surface area contributed by atoms with E-state index in [0.717, 1.165) is 17.8 Å². The summed E-state index contributed by atoms with van der Waals surface area (Å²) in [7, 11) is 0. The third-order valence-electron chi connectivity index (χ3n) is 4.43. The van der Waals surface area contributed by atoms with Crippen LogP contribution in [0.4, 0.5) is 0 Å². The molecule has 2 unspecified atom stereocenters. The lowest BCUT2D eigenvalue weighted by Gasteiger charge is -2.36. The second-order valence-electron chi connectivity index (χ2n) is 5.81. The van der Waals surface area contributed by atoms with Gasteiger partial charge in [-0.25, -0.2) is 0 Å². The molecule has 2 saturated carbocycles. The molecule has 0 amide bonds. The third-order valence-corrected chi connectivity index (χ3v) is 4.43. The molecule has 14 heavy (non-hydrogen) atoms. The van der Waals surface area contributed by atoms with Crippen molar-refractivity contribution in [3.8, 4) is 0 Å². The maximum Gasteiger partial charge on any atom is -0.0210 e. The molecule has 2 aliphatic carbocycles. The van der Waals surface area contributed by atoms with Crippen LogP contribution in [0.2, 0.25) is 0 Å². The van der Waals surface area contributed by atoms with Crippen molar-refractivity contribution in [1.29, 1.82) is 0 Å². The Balaban J connectivity index is 1.82. The van der Waals surface area contributed by atoms with Crippen LogP contribution in [0.5, 0.6) is 0 Å². The highest BCUT2D eigenvalue weighted by atomic mass is 14.3. The Hall–Kier alpha value is 0. The lowest BCUT2D eigenvalue weighted by molar-refractivity contribution is 0.251. The van der Waals surface area contributed by atoms with Gasteiger partial charge in [-0.2, -0.15) is 0 Å². The predicted octanol–water partition coefficient (Wildman–Crippen LogP) is 4.60. The van der Waals surface area contributed by atoms with Crippen molar-refractivity contribution in [3.05, 3.63) is 5.92 Å². The monoisotopic (exact) mass is 193 g/mol. The van der Waals surface area contributed by atoms with Crippen LogP contribution in [0.1, 0.15) is 65.2 Å². The van der Waals surface area contributed by atoms with Crippen molar-refractivity contribution >= 4 is 0 Å². The molecule has 0 aromatic carbocycles. The Kier molecular flexibility index (Phi) is 3.52. The summed E-state index contributed by atoms with van der Waals surface area (Å²) in [5.74, 6) is 4.96. The van der Waals surface area contributed by atoms with Gasteiger partial charge in [-0.1, -0.05) is 39.5 Å².